The lowest BCUT2D eigenvalue weighted by atomic mass is 9.77. The van der Waals surface area contributed by atoms with Gasteiger partial charge in [-0.15, -0.1) is 0 Å². The normalized spacial score (nSPS) is 22.6. The topological polar surface area (TPSA) is 78.0 Å². The Labute approximate surface area is 153 Å². The molecule has 3 heterocycles. The molecule has 2 aromatic heterocycles. The Morgan fingerprint density at radius 2 is 2.15 bits per heavy atom. The van der Waals surface area contributed by atoms with Gasteiger partial charge in [-0.3, -0.25) is 9.69 Å². The van der Waals surface area contributed by atoms with Crippen molar-refractivity contribution in [3.05, 3.63) is 45.4 Å². The van der Waals surface area contributed by atoms with Crippen LogP contribution in [0.15, 0.2) is 17.1 Å². The third kappa shape index (κ3) is 3.11. The van der Waals surface area contributed by atoms with Crippen LogP contribution in [-0.2, 0) is 18.4 Å². The summed E-state index contributed by atoms with van der Waals surface area (Å²) in [5.41, 5.74) is 3.41. The lowest BCUT2D eigenvalue weighted by Crippen LogP contribution is -2.45. The Morgan fingerprint density at radius 3 is 2.92 bits per heavy atom. The summed E-state index contributed by atoms with van der Waals surface area (Å²) in [5.74, 6) is 1.46. The molecule has 1 saturated heterocycles. The smallest absolute Gasteiger partial charge is 0.251 e. The number of aryl methyl sites for hydroxylation is 2. The second kappa shape index (κ2) is 6.46. The minimum atomic E-state index is -0.0752. The Bertz CT molecular complexity index is 873. The fraction of sp³-hybridized carbons (Fsp3) is 0.579. The summed E-state index contributed by atoms with van der Waals surface area (Å²) in [6, 6.07) is 1.61. The second-order valence-electron chi connectivity index (χ2n) is 7.85. The molecule has 2 aromatic rings. The molecule has 1 spiro atoms. The van der Waals surface area contributed by atoms with Crippen molar-refractivity contribution in [2.45, 2.75) is 44.6 Å². The van der Waals surface area contributed by atoms with E-state index in [-0.39, 0.29) is 11.0 Å². The Kier molecular flexibility index (Phi) is 4.26. The average molecular weight is 354 g/mol. The second-order valence-corrected chi connectivity index (χ2v) is 7.85. The molecule has 7 heteroatoms. The van der Waals surface area contributed by atoms with Gasteiger partial charge >= 0.3 is 0 Å². The van der Waals surface area contributed by atoms with E-state index in [1.165, 1.54) is 17.7 Å². The van der Waals surface area contributed by atoms with Crippen LogP contribution in [0.1, 0.15) is 42.0 Å². The SMILES string of the molecule is Cc1nc(CN2CCCC3(CCc4cnc(N(C)C)nc43)C2)cc(=O)[nH]1. The molecule has 1 atom stereocenters. The molecule has 1 fully saturated rings. The summed E-state index contributed by atoms with van der Waals surface area (Å²) in [4.78, 5) is 32.7. The number of aromatic nitrogens is 4. The van der Waals surface area contributed by atoms with E-state index < -0.39 is 0 Å². The number of piperidine rings is 1. The standard InChI is InChI=1S/C19H26N6O/c1-13-21-15(9-16(26)22-13)11-25-8-4-6-19(12-25)7-5-14-10-20-18(24(2)3)23-17(14)19/h9-10H,4-8,11-12H2,1-3H3,(H,21,22,26). The number of fused-ring (bicyclic) bond motifs is 2. The van der Waals surface area contributed by atoms with Crippen molar-refractivity contribution in [1.29, 1.82) is 0 Å². The largest absolute Gasteiger partial charge is 0.347 e. The van der Waals surface area contributed by atoms with Crippen molar-refractivity contribution in [1.82, 2.24) is 24.8 Å². The van der Waals surface area contributed by atoms with Crippen LogP contribution in [0.4, 0.5) is 5.95 Å². The Morgan fingerprint density at radius 1 is 1.31 bits per heavy atom. The predicted molar refractivity (Wildman–Crippen MR) is 100 cm³/mol. The highest BCUT2D eigenvalue weighted by molar-refractivity contribution is 5.39. The maximum atomic E-state index is 11.7. The first-order chi connectivity index (χ1) is 12.4. The van der Waals surface area contributed by atoms with Gasteiger partial charge in [-0.1, -0.05) is 0 Å². The number of aromatic amines is 1. The van der Waals surface area contributed by atoms with Crippen LogP contribution in [0.2, 0.25) is 0 Å². The molecule has 4 rings (SSSR count). The highest BCUT2D eigenvalue weighted by Crippen LogP contribution is 2.44. The summed E-state index contributed by atoms with van der Waals surface area (Å²) in [6.07, 6.45) is 6.50. The molecule has 1 N–H and O–H groups in total. The molecular formula is C19H26N6O. The van der Waals surface area contributed by atoms with Crippen LogP contribution in [0.3, 0.4) is 0 Å². The molecule has 1 unspecified atom stereocenters. The van der Waals surface area contributed by atoms with Gasteiger partial charge in [-0.05, 0) is 44.7 Å². The molecule has 0 amide bonds. The van der Waals surface area contributed by atoms with Gasteiger partial charge in [-0.25, -0.2) is 15.0 Å². The van der Waals surface area contributed by atoms with Gasteiger partial charge < -0.3 is 9.88 Å². The van der Waals surface area contributed by atoms with Gasteiger partial charge in [0.15, 0.2) is 0 Å². The summed E-state index contributed by atoms with van der Waals surface area (Å²) < 4.78 is 0. The van der Waals surface area contributed by atoms with Crippen LogP contribution in [0, 0.1) is 6.92 Å². The molecule has 2 aliphatic rings. The van der Waals surface area contributed by atoms with Crippen LogP contribution in [0.25, 0.3) is 0 Å². The minimum Gasteiger partial charge on any atom is -0.347 e. The monoisotopic (exact) mass is 354 g/mol. The lowest BCUT2D eigenvalue weighted by molar-refractivity contribution is 0.135. The number of nitrogens with one attached hydrogen (secondary N) is 1. The molecule has 0 radical (unpaired) electrons. The molecule has 1 aliphatic heterocycles. The molecule has 0 aromatic carbocycles. The Balaban J connectivity index is 1.60. The summed E-state index contributed by atoms with van der Waals surface area (Å²) >= 11 is 0. The van der Waals surface area contributed by atoms with E-state index in [9.17, 15) is 4.79 Å². The van der Waals surface area contributed by atoms with Crippen molar-refractivity contribution in [2.75, 3.05) is 32.1 Å². The summed E-state index contributed by atoms with van der Waals surface area (Å²) in [6.45, 7) is 4.55. The van der Waals surface area contributed by atoms with Gasteiger partial charge in [0, 0.05) is 44.9 Å². The quantitative estimate of drug-likeness (QED) is 0.898. The number of likely N-dealkylation sites (tertiary alicyclic amines) is 1. The molecule has 7 nitrogen and oxygen atoms in total. The lowest BCUT2D eigenvalue weighted by Gasteiger charge is -2.40. The van der Waals surface area contributed by atoms with Crippen molar-refractivity contribution in [3.63, 3.8) is 0 Å². The molecule has 138 valence electrons. The maximum absolute atomic E-state index is 11.7. The van der Waals surface area contributed by atoms with Gasteiger partial charge in [0.05, 0.1) is 11.4 Å². The van der Waals surface area contributed by atoms with Gasteiger partial charge in [-0.2, -0.15) is 0 Å². The first kappa shape index (κ1) is 17.1. The first-order valence-corrected chi connectivity index (χ1v) is 9.28. The average Bonchev–Trinajstić information content (AvgIpc) is 2.91. The maximum Gasteiger partial charge on any atom is 0.251 e. The van der Waals surface area contributed by atoms with Crippen molar-refractivity contribution in [3.8, 4) is 0 Å². The third-order valence-corrected chi connectivity index (χ3v) is 5.58. The van der Waals surface area contributed by atoms with Crippen LogP contribution in [0.5, 0.6) is 0 Å². The molecule has 0 bridgehead atoms. The van der Waals surface area contributed by atoms with E-state index in [4.69, 9.17) is 4.98 Å². The van der Waals surface area contributed by atoms with E-state index in [1.54, 1.807) is 6.07 Å². The highest BCUT2D eigenvalue weighted by atomic mass is 16.1. The highest BCUT2D eigenvalue weighted by Gasteiger charge is 2.43. The Hall–Kier alpha value is -2.28. The van der Waals surface area contributed by atoms with E-state index in [2.05, 4.69) is 19.9 Å². The van der Waals surface area contributed by atoms with Gasteiger partial charge in [0.1, 0.15) is 5.82 Å². The first-order valence-electron chi connectivity index (χ1n) is 9.28. The van der Waals surface area contributed by atoms with E-state index in [1.807, 2.05) is 32.1 Å². The summed E-state index contributed by atoms with van der Waals surface area (Å²) in [7, 11) is 3.97. The number of H-pyrrole nitrogens is 1. The number of hydrogen-bond acceptors (Lipinski definition) is 6. The van der Waals surface area contributed by atoms with Crippen molar-refractivity contribution < 1.29 is 0 Å². The number of anilines is 1. The number of rotatable bonds is 3. The van der Waals surface area contributed by atoms with E-state index in [0.29, 0.717) is 12.4 Å². The van der Waals surface area contributed by atoms with Crippen LogP contribution >= 0.6 is 0 Å². The molecular weight excluding hydrogens is 328 g/mol. The van der Waals surface area contributed by atoms with E-state index in [0.717, 1.165) is 44.0 Å². The predicted octanol–water partition coefficient (Wildman–Crippen LogP) is 1.41. The third-order valence-electron chi connectivity index (χ3n) is 5.58. The van der Waals surface area contributed by atoms with Gasteiger partial charge in [0.2, 0.25) is 5.95 Å². The zero-order valence-corrected chi connectivity index (χ0v) is 15.7. The fourth-order valence-corrected chi connectivity index (χ4v) is 4.46. The summed E-state index contributed by atoms with van der Waals surface area (Å²) in [5, 5.41) is 0. The molecule has 1 aliphatic carbocycles. The molecule has 0 saturated carbocycles. The number of hydrogen-bond donors (Lipinski definition) is 1. The zero-order valence-electron chi connectivity index (χ0n) is 15.7. The van der Waals surface area contributed by atoms with Crippen LogP contribution < -0.4 is 10.5 Å². The molecule has 26 heavy (non-hydrogen) atoms. The van der Waals surface area contributed by atoms with Crippen molar-refractivity contribution >= 4 is 5.95 Å². The minimum absolute atomic E-state index is 0.0752. The van der Waals surface area contributed by atoms with E-state index >= 15 is 0 Å². The van der Waals surface area contributed by atoms with Crippen molar-refractivity contribution in [2.24, 2.45) is 0 Å². The zero-order chi connectivity index (χ0) is 18.3. The fourth-order valence-electron chi connectivity index (χ4n) is 4.46. The van der Waals surface area contributed by atoms with Gasteiger partial charge in [0.25, 0.3) is 5.56 Å². The number of nitrogens with zero attached hydrogens (tertiary/aromatic N) is 5. The van der Waals surface area contributed by atoms with Crippen LogP contribution in [-0.4, -0.2) is 52.0 Å².